The second kappa shape index (κ2) is 16.7. The molecule has 4 heterocycles. The fraction of sp³-hybridized carbons (Fsp3) is 0.130. The Labute approximate surface area is 347 Å². The van der Waals surface area contributed by atoms with Crippen LogP contribution in [0.25, 0.3) is 42.7 Å². The van der Waals surface area contributed by atoms with E-state index >= 15 is 0 Å². The van der Waals surface area contributed by atoms with Crippen LogP contribution in [0.2, 0.25) is 0 Å². The van der Waals surface area contributed by atoms with Crippen LogP contribution in [0.5, 0.6) is 0 Å². The van der Waals surface area contributed by atoms with Crippen LogP contribution in [-0.4, -0.2) is 27.0 Å². The molecule has 60 heavy (non-hydrogen) atoms. The van der Waals surface area contributed by atoms with Crippen LogP contribution in [0, 0.1) is 13.8 Å². The van der Waals surface area contributed by atoms with Crippen LogP contribution >= 0.6 is 22.7 Å². The minimum Gasteiger partial charge on any atom is -0.478 e. The summed E-state index contributed by atoms with van der Waals surface area (Å²) in [6, 6.07) is 28.5. The Morgan fingerprint density at radius 2 is 1.02 bits per heavy atom. The van der Waals surface area contributed by atoms with Gasteiger partial charge in [0.15, 0.2) is 0 Å². The number of fused-ring (bicyclic) bond motifs is 2. The van der Waals surface area contributed by atoms with Gasteiger partial charge in [-0.05, 0) is 83.3 Å². The number of rotatable bonds is 8. The van der Waals surface area contributed by atoms with Gasteiger partial charge in [-0.3, -0.25) is 14.8 Å². The van der Waals surface area contributed by atoms with E-state index in [1.54, 1.807) is 24.3 Å². The van der Waals surface area contributed by atoms with Gasteiger partial charge in [0.05, 0.1) is 28.1 Å². The van der Waals surface area contributed by atoms with Crippen molar-refractivity contribution in [2.45, 2.75) is 39.0 Å². The molecule has 304 valence electrons. The topological polar surface area (TPSA) is 106 Å². The molecule has 0 atom stereocenters. The van der Waals surface area contributed by atoms with Gasteiger partial charge in [0.1, 0.15) is 0 Å². The van der Waals surface area contributed by atoms with Crippen LogP contribution in [-0.2, 0) is 25.2 Å². The number of aromatic nitrogens is 2. The molecule has 0 bridgehead atoms. The monoisotopic (exact) mass is 853 g/mol. The molecule has 3 N–H and O–H groups in total. The summed E-state index contributed by atoms with van der Waals surface area (Å²) in [5.74, 6) is -1.56. The lowest BCUT2D eigenvalue weighted by molar-refractivity contribution is -0.138. The highest BCUT2D eigenvalue weighted by Crippen LogP contribution is 2.41. The number of hydrogen-bond donors (Lipinski definition) is 2. The SMILES string of the molecule is Cc1c(Cc2cccc(C(F)(F)F)c2)sc2c(-c3cc(C(=O)O)ccn3)cccc12.Cc1c(Cc2cccc(C(F)(F)F)c2)sc2c(-c3cc(C(N)=O)ccn3)cccc12. The van der Waals surface area contributed by atoms with Crippen molar-refractivity contribution < 1.29 is 41.0 Å². The number of aryl methyl sites for hydroxylation is 2. The van der Waals surface area contributed by atoms with E-state index in [9.17, 15) is 41.0 Å². The number of halogens is 6. The van der Waals surface area contributed by atoms with Crippen molar-refractivity contribution in [2.24, 2.45) is 5.73 Å². The molecule has 6 nitrogen and oxygen atoms in total. The van der Waals surface area contributed by atoms with E-state index in [-0.39, 0.29) is 5.56 Å². The van der Waals surface area contributed by atoms with E-state index in [0.717, 1.165) is 64.3 Å². The molecule has 0 aliphatic carbocycles. The summed E-state index contributed by atoms with van der Waals surface area (Å²) in [5, 5.41) is 11.3. The van der Waals surface area contributed by atoms with Crippen molar-refractivity contribution in [3.8, 4) is 22.5 Å². The second-order valence-electron chi connectivity index (χ2n) is 13.9. The molecule has 1 amide bonds. The van der Waals surface area contributed by atoms with Crippen molar-refractivity contribution in [1.29, 1.82) is 0 Å². The number of carbonyl (C=O) groups excluding carboxylic acids is 1. The highest BCUT2D eigenvalue weighted by atomic mass is 32.1. The fourth-order valence-electron chi connectivity index (χ4n) is 6.85. The Balaban J connectivity index is 0.000000181. The second-order valence-corrected chi connectivity index (χ2v) is 16.2. The van der Waals surface area contributed by atoms with Crippen molar-refractivity contribution in [3.63, 3.8) is 0 Å². The van der Waals surface area contributed by atoms with Gasteiger partial charge in [-0.25, -0.2) is 4.79 Å². The molecule has 14 heteroatoms. The number of nitrogens with zero attached hydrogens (tertiary/aromatic N) is 2. The Morgan fingerprint density at radius 1 is 0.600 bits per heavy atom. The van der Waals surface area contributed by atoms with Gasteiger partial charge < -0.3 is 10.8 Å². The maximum atomic E-state index is 13.0. The number of carboxylic acids is 1. The lowest BCUT2D eigenvalue weighted by Crippen LogP contribution is -2.10. The molecule has 4 aromatic heterocycles. The predicted octanol–water partition coefficient (Wildman–Crippen LogP) is 12.6. The molecular weight excluding hydrogens is 821 g/mol. The minimum atomic E-state index is -4.38. The molecular formula is C46H33F6N3O3S2. The summed E-state index contributed by atoms with van der Waals surface area (Å²) < 4.78 is 80.2. The first-order chi connectivity index (χ1) is 28.5. The number of aromatic carboxylic acids is 1. The van der Waals surface area contributed by atoms with Crippen molar-refractivity contribution in [2.75, 3.05) is 0 Å². The van der Waals surface area contributed by atoms with Gasteiger partial charge in [-0.15, -0.1) is 22.7 Å². The lowest BCUT2D eigenvalue weighted by atomic mass is 10.0. The summed E-state index contributed by atoms with van der Waals surface area (Å²) in [6.07, 6.45) is -4.95. The molecule has 0 radical (unpaired) electrons. The Hall–Kier alpha value is -6.38. The number of carbonyl (C=O) groups is 2. The number of carboxylic acid groups (broad SMARTS) is 1. The molecule has 4 aromatic carbocycles. The van der Waals surface area contributed by atoms with Crippen molar-refractivity contribution >= 4 is 54.7 Å². The zero-order valence-corrected chi connectivity index (χ0v) is 33.4. The van der Waals surface area contributed by atoms with E-state index in [2.05, 4.69) is 9.97 Å². The van der Waals surface area contributed by atoms with Crippen LogP contribution in [0.15, 0.2) is 122 Å². The van der Waals surface area contributed by atoms with Gasteiger partial charge in [0, 0.05) is 61.1 Å². The summed E-state index contributed by atoms with van der Waals surface area (Å²) >= 11 is 3.03. The van der Waals surface area contributed by atoms with Crippen LogP contribution in [0.4, 0.5) is 26.3 Å². The number of nitrogens with two attached hydrogens (primary N) is 1. The third-order valence-corrected chi connectivity index (χ3v) is 12.6. The number of hydrogen-bond acceptors (Lipinski definition) is 6. The normalized spacial score (nSPS) is 11.7. The summed E-state index contributed by atoms with van der Waals surface area (Å²) in [6.45, 7) is 3.92. The molecule has 0 fully saturated rings. The molecule has 0 saturated carbocycles. The zero-order chi connectivity index (χ0) is 42.9. The maximum absolute atomic E-state index is 13.0. The molecule has 0 unspecified atom stereocenters. The average molecular weight is 854 g/mol. The van der Waals surface area contributed by atoms with Gasteiger partial charge in [-0.1, -0.05) is 72.8 Å². The highest BCUT2D eigenvalue weighted by molar-refractivity contribution is 7.20. The Bertz CT molecular complexity index is 2720. The number of pyridine rings is 2. The summed E-state index contributed by atoms with van der Waals surface area (Å²) in [5.41, 5.74) is 10.7. The summed E-state index contributed by atoms with van der Waals surface area (Å²) in [4.78, 5) is 33.5. The molecule has 8 aromatic rings. The average Bonchev–Trinajstić information content (AvgIpc) is 3.71. The Morgan fingerprint density at radius 3 is 1.43 bits per heavy atom. The third-order valence-electron chi connectivity index (χ3n) is 9.97. The van der Waals surface area contributed by atoms with Crippen LogP contribution in [0.1, 0.15) is 63.9 Å². The molecule has 0 saturated heterocycles. The Kier molecular flexibility index (Phi) is 11.6. The quantitative estimate of drug-likeness (QED) is 0.148. The molecule has 0 aliphatic rings. The summed E-state index contributed by atoms with van der Waals surface area (Å²) in [7, 11) is 0. The maximum Gasteiger partial charge on any atom is 0.416 e. The van der Waals surface area contributed by atoms with E-state index in [4.69, 9.17) is 5.73 Å². The predicted molar refractivity (Wildman–Crippen MR) is 224 cm³/mol. The first-order valence-electron chi connectivity index (χ1n) is 18.3. The number of amides is 1. The first-order valence-corrected chi connectivity index (χ1v) is 19.9. The number of benzene rings is 4. The standard InChI is InChI=1S/C23H17F3N2OS.C23H16F3NO2S/c1-13-17-6-3-7-18(19-12-15(22(27)29)8-9-28-19)21(17)30-20(13)11-14-4-2-5-16(10-14)23(24,25)26;1-13-17-6-3-7-18(19-12-15(22(28)29)8-9-27-19)21(17)30-20(13)11-14-4-2-5-16(10-14)23(24,25)26/h2-10,12H,11H2,1H3,(H2,27,29);2-10,12H,11H2,1H3,(H,28,29). The largest absolute Gasteiger partial charge is 0.478 e. The van der Waals surface area contributed by atoms with Gasteiger partial charge in [0.25, 0.3) is 0 Å². The zero-order valence-electron chi connectivity index (χ0n) is 31.8. The van der Waals surface area contributed by atoms with E-state index in [0.29, 0.717) is 40.9 Å². The van der Waals surface area contributed by atoms with Crippen molar-refractivity contribution in [3.05, 3.63) is 176 Å². The number of thiophene rings is 2. The molecule has 0 aliphatic heterocycles. The fourth-order valence-corrected chi connectivity index (χ4v) is 9.58. The minimum absolute atomic E-state index is 0.148. The first kappa shape index (κ1) is 41.8. The van der Waals surface area contributed by atoms with E-state index in [1.807, 2.05) is 50.2 Å². The lowest BCUT2D eigenvalue weighted by Gasteiger charge is -2.08. The van der Waals surface area contributed by atoms with E-state index in [1.165, 1.54) is 71.5 Å². The van der Waals surface area contributed by atoms with Crippen LogP contribution in [0.3, 0.4) is 0 Å². The smallest absolute Gasteiger partial charge is 0.416 e. The van der Waals surface area contributed by atoms with E-state index < -0.39 is 35.4 Å². The van der Waals surface area contributed by atoms with Crippen molar-refractivity contribution in [1.82, 2.24) is 9.97 Å². The van der Waals surface area contributed by atoms with Gasteiger partial charge in [0.2, 0.25) is 5.91 Å². The number of alkyl halides is 6. The van der Waals surface area contributed by atoms with Crippen LogP contribution < -0.4 is 5.73 Å². The molecule has 8 rings (SSSR count). The highest BCUT2D eigenvalue weighted by Gasteiger charge is 2.31. The third kappa shape index (κ3) is 8.94. The van der Waals surface area contributed by atoms with Gasteiger partial charge in [-0.2, -0.15) is 26.3 Å². The van der Waals surface area contributed by atoms with Gasteiger partial charge >= 0.3 is 18.3 Å². The number of primary amides is 1. The molecule has 0 spiro atoms.